The molecule has 2 atom stereocenters. The van der Waals surface area contributed by atoms with Crippen LogP contribution in [0.25, 0.3) is 22.0 Å². The van der Waals surface area contributed by atoms with Crippen molar-refractivity contribution in [3.05, 3.63) is 60.3 Å². The van der Waals surface area contributed by atoms with E-state index < -0.39 is 0 Å². The van der Waals surface area contributed by atoms with Crippen molar-refractivity contribution in [2.24, 2.45) is 17.6 Å². The lowest BCUT2D eigenvalue weighted by Crippen LogP contribution is -2.52. The van der Waals surface area contributed by atoms with E-state index in [-0.39, 0.29) is 0 Å². The minimum atomic E-state index is 0.589. The molecule has 2 unspecified atom stereocenters. The summed E-state index contributed by atoms with van der Waals surface area (Å²) in [5.74, 6) is 2.05. The van der Waals surface area contributed by atoms with Crippen LogP contribution in [0.1, 0.15) is 63.0 Å². The Balaban J connectivity index is 1.19. The molecule has 2 aromatic carbocycles. The van der Waals surface area contributed by atoms with Gasteiger partial charge in [0, 0.05) is 48.8 Å². The second kappa shape index (κ2) is 8.68. The number of hydrogen-bond donors (Lipinski definition) is 1. The van der Waals surface area contributed by atoms with Crippen LogP contribution in [0.5, 0.6) is 0 Å². The van der Waals surface area contributed by atoms with Crippen LogP contribution in [0.2, 0.25) is 0 Å². The molecule has 3 fully saturated rings. The van der Waals surface area contributed by atoms with Gasteiger partial charge in [0.15, 0.2) is 0 Å². The molecule has 2 saturated carbocycles. The van der Waals surface area contributed by atoms with Crippen molar-refractivity contribution in [3.63, 3.8) is 0 Å². The Bertz CT molecular complexity index is 1070. The maximum Gasteiger partial charge on any atom is 0.0489 e. The minimum Gasteiger partial charge on any atom is -0.344 e. The van der Waals surface area contributed by atoms with Crippen LogP contribution in [0.4, 0.5) is 0 Å². The summed E-state index contributed by atoms with van der Waals surface area (Å²) in [5.41, 5.74) is 11.1. The van der Waals surface area contributed by atoms with E-state index in [4.69, 9.17) is 5.73 Å². The zero-order valence-corrected chi connectivity index (χ0v) is 19.3. The highest BCUT2D eigenvalue weighted by molar-refractivity contribution is 5.95. The maximum atomic E-state index is 5.89. The molecule has 6 rings (SSSR count). The molecule has 2 N–H and O–H groups in total. The van der Waals surface area contributed by atoms with Gasteiger partial charge in [-0.15, -0.1) is 0 Å². The van der Waals surface area contributed by atoms with E-state index in [0.29, 0.717) is 12.6 Å². The van der Waals surface area contributed by atoms with E-state index >= 15 is 0 Å². The van der Waals surface area contributed by atoms with Crippen molar-refractivity contribution in [2.45, 2.75) is 70.0 Å². The Hall–Kier alpha value is -2.10. The number of rotatable bonds is 5. The summed E-state index contributed by atoms with van der Waals surface area (Å²) in [6.07, 6.45) is 13.8. The molecule has 3 aliphatic rings. The van der Waals surface area contributed by atoms with Crippen LogP contribution in [0.3, 0.4) is 0 Å². The first kappa shape index (κ1) is 20.5. The number of nitrogens with zero attached hydrogens (tertiary/aromatic N) is 2. The summed E-state index contributed by atoms with van der Waals surface area (Å²) in [4.78, 5) is 2.86. The largest absolute Gasteiger partial charge is 0.344 e. The van der Waals surface area contributed by atoms with Gasteiger partial charge in [-0.1, -0.05) is 56.0 Å². The van der Waals surface area contributed by atoms with E-state index in [9.17, 15) is 0 Å². The lowest BCUT2D eigenvalue weighted by atomic mass is 9.69. The molecule has 0 amide bonds. The van der Waals surface area contributed by atoms with Gasteiger partial charge >= 0.3 is 0 Å². The Morgan fingerprint density at radius 2 is 1.66 bits per heavy atom. The van der Waals surface area contributed by atoms with Gasteiger partial charge in [-0.05, 0) is 72.4 Å². The molecule has 1 aromatic heterocycles. The monoisotopic (exact) mass is 427 g/mol. The van der Waals surface area contributed by atoms with Crippen LogP contribution >= 0.6 is 0 Å². The van der Waals surface area contributed by atoms with Crippen molar-refractivity contribution in [1.29, 1.82) is 0 Å². The molecule has 3 heteroatoms. The van der Waals surface area contributed by atoms with Crippen molar-refractivity contribution in [3.8, 4) is 11.1 Å². The maximum absolute atomic E-state index is 5.89. The van der Waals surface area contributed by atoms with E-state index in [2.05, 4.69) is 64.2 Å². The molecule has 0 bridgehead atoms. The third-order valence-electron chi connectivity index (χ3n) is 8.89. The second-order valence-electron chi connectivity index (χ2n) is 10.5. The number of nitrogens with two attached hydrogens (primary N) is 1. The average Bonchev–Trinajstić information content (AvgIpc) is 3.49. The smallest absolute Gasteiger partial charge is 0.0489 e. The molecule has 3 nitrogen and oxygen atoms in total. The standard InChI is InChI=1S/C29H37N3/c30-20-21-5-3-8-23(19-21)25-9-4-10-29-27(25)15-18-32(29)24-13-16-31(17-14-24)28-12-11-26(28)22-6-1-2-7-22/h3-5,8-10,15,18-19,22,24,26,28H,1-2,6-7,11-14,16-17,20,30H2. The van der Waals surface area contributed by atoms with Crippen molar-refractivity contribution in [2.75, 3.05) is 13.1 Å². The molecule has 1 saturated heterocycles. The Morgan fingerprint density at radius 1 is 0.844 bits per heavy atom. The number of likely N-dealkylation sites (tertiary alicyclic amines) is 1. The van der Waals surface area contributed by atoms with Gasteiger partial charge in [0.1, 0.15) is 0 Å². The highest BCUT2D eigenvalue weighted by atomic mass is 15.2. The van der Waals surface area contributed by atoms with Gasteiger partial charge in [0.05, 0.1) is 0 Å². The lowest BCUT2D eigenvalue weighted by molar-refractivity contribution is 0.00857. The van der Waals surface area contributed by atoms with Gasteiger partial charge in [-0.2, -0.15) is 0 Å². The van der Waals surface area contributed by atoms with Crippen LogP contribution in [0.15, 0.2) is 54.7 Å². The number of benzene rings is 2. The molecule has 1 aliphatic heterocycles. The number of hydrogen-bond acceptors (Lipinski definition) is 2. The number of fused-ring (bicyclic) bond motifs is 1. The normalized spacial score (nSPS) is 25.4. The third-order valence-corrected chi connectivity index (χ3v) is 8.89. The minimum absolute atomic E-state index is 0.589. The van der Waals surface area contributed by atoms with E-state index in [1.54, 1.807) is 0 Å². The predicted octanol–water partition coefficient (Wildman–Crippen LogP) is 6.37. The summed E-state index contributed by atoms with van der Waals surface area (Å²) in [6, 6.07) is 19.3. The summed E-state index contributed by atoms with van der Waals surface area (Å²) >= 11 is 0. The van der Waals surface area contributed by atoms with Crippen LogP contribution in [0, 0.1) is 11.8 Å². The Kier molecular flexibility index (Phi) is 5.56. The fraction of sp³-hybridized carbons (Fsp3) is 0.517. The first-order valence-corrected chi connectivity index (χ1v) is 12.9. The molecular weight excluding hydrogens is 390 g/mol. The predicted molar refractivity (Wildman–Crippen MR) is 134 cm³/mol. The second-order valence-corrected chi connectivity index (χ2v) is 10.5. The molecule has 168 valence electrons. The van der Waals surface area contributed by atoms with E-state index in [1.807, 2.05) is 0 Å². The van der Waals surface area contributed by atoms with Crippen molar-refractivity contribution >= 4 is 10.9 Å². The third kappa shape index (κ3) is 3.60. The molecule has 0 spiro atoms. The highest BCUT2D eigenvalue weighted by Gasteiger charge is 2.41. The van der Waals surface area contributed by atoms with Crippen LogP contribution in [-0.4, -0.2) is 28.6 Å². The lowest BCUT2D eigenvalue weighted by Gasteiger charge is -2.49. The summed E-state index contributed by atoms with van der Waals surface area (Å²) < 4.78 is 2.57. The molecule has 2 aliphatic carbocycles. The van der Waals surface area contributed by atoms with Crippen molar-refractivity contribution in [1.82, 2.24) is 9.47 Å². The Morgan fingerprint density at radius 3 is 2.41 bits per heavy atom. The van der Waals surface area contributed by atoms with Gasteiger partial charge in [-0.3, -0.25) is 4.90 Å². The molecule has 0 radical (unpaired) electrons. The SMILES string of the molecule is NCc1cccc(-c2cccc3c2ccn3C2CCN(C3CCC3C3CCCC3)CC2)c1. The molecular formula is C29H37N3. The van der Waals surface area contributed by atoms with Gasteiger partial charge in [0.2, 0.25) is 0 Å². The number of piperidine rings is 1. The molecule has 3 aromatic rings. The fourth-order valence-electron chi connectivity index (χ4n) is 7.02. The van der Waals surface area contributed by atoms with Crippen molar-refractivity contribution < 1.29 is 0 Å². The molecule has 2 heterocycles. The zero-order valence-electron chi connectivity index (χ0n) is 19.3. The van der Waals surface area contributed by atoms with Gasteiger partial charge in [-0.25, -0.2) is 0 Å². The molecule has 32 heavy (non-hydrogen) atoms. The fourth-order valence-corrected chi connectivity index (χ4v) is 7.02. The van der Waals surface area contributed by atoms with Crippen LogP contribution < -0.4 is 5.73 Å². The highest BCUT2D eigenvalue weighted by Crippen LogP contribution is 2.45. The summed E-state index contributed by atoms with van der Waals surface area (Å²) in [5, 5.41) is 1.37. The first-order valence-electron chi connectivity index (χ1n) is 12.9. The Labute approximate surface area is 192 Å². The summed E-state index contributed by atoms with van der Waals surface area (Å²) in [6.45, 7) is 3.14. The van der Waals surface area contributed by atoms with Gasteiger partial charge in [0.25, 0.3) is 0 Å². The first-order chi connectivity index (χ1) is 15.8. The zero-order chi connectivity index (χ0) is 21.5. The average molecular weight is 428 g/mol. The number of aromatic nitrogens is 1. The quantitative estimate of drug-likeness (QED) is 0.513. The van der Waals surface area contributed by atoms with Gasteiger partial charge < -0.3 is 10.3 Å². The van der Waals surface area contributed by atoms with E-state index in [1.165, 1.54) is 92.0 Å². The van der Waals surface area contributed by atoms with Crippen LogP contribution in [-0.2, 0) is 6.54 Å². The van der Waals surface area contributed by atoms with E-state index in [0.717, 1.165) is 17.9 Å². The summed E-state index contributed by atoms with van der Waals surface area (Å²) in [7, 11) is 0. The topological polar surface area (TPSA) is 34.2 Å².